The normalized spacial score (nSPS) is 17.8. The van der Waals surface area contributed by atoms with E-state index in [0.717, 1.165) is 11.3 Å². The molecular formula is C17H22N2O4. The van der Waals surface area contributed by atoms with Crippen molar-refractivity contribution in [1.82, 2.24) is 5.32 Å². The Morgan fingerprint density at radius 2 is 2.13 bits per heavy atom. The van der Waals surface area contributed by atoms with E-state index in [9.17, 15) is 14.4 Å². The van der Waals surface area contributed by atoms with Crippen LogP contribution in [-0.4, -0.2) is 29.4 Å². The molecule has 23 heavy (non-hydrogen) atoms. The average molecular weight is 318 g/mol. The second kappa shape index (κ2) is 7.76. The van der Waals surface area contributed by atoms with Crippen LogP contribution in [-0.2, 0) is 20.8 Å². The summed E-state index contributed by atoms with van der Waals surface area (Å²) in [4.78, 5) is 34.5. The lowest BCUT2D eigenvalue weighted by molar-refractivity contribution is -0.138. The van der Waals surface area contributed by atoms with Crippen LogP contribution < -0.4 is 10.6 Å². The Labute approximate surface area is 135 Å². The fourth-order valence-electron chi connectivity index (χ4n) is 2.70. The molecule has 0 aliphatic carbocycles. The molecule has 0 saturated carbocycles. The summed E-state index contributed by atoms with van der Waals surface area (Å²) in [6.45, 7) is 2.12. The van der Waals surface area contributed by atoms with E-state index < -0.39 is 5.97 Å². The van der Waals surface area contributed by atoms with Gasteiger partial charge in [0.05, 0.1) is 0 Å². The summed E-state index contributed by atoms with van der Waals surface area (Å²) in [7, 11) is 0. The lowest BCUT2D eigenvalue weighted by Crippen LogP contribution is -2.33. The molecule has 1 aromatic carbocycles. The molecule has 3 N–H and O–H groups in total. The van der Waals surface area contributed by atoms with Gasteiger partial charge in [0.25, 0.3) is 0 Å². The first-order chi connectivity index (χ1) is 11.0. The molecule has 0 bridgehead atoms. The monoisotopic (exact) mass is 318 g/mol. The van der Waals surface area contributed by atoms with E-state index in [1.165, 1.54) is 0 Å². The standard InChI is InChI=1S/C17H22N2O4/c1-11(8-16(21)22)10-18-15(20)7-6-13-9-12-4-2-3-5-14(12)19-17(13)23/h2-5,11,13H,6-10H2,1H3,(H,18,20)(H,19,23)(H,21,22). The van der Waals surface area contributed by atoms with Gasteiger partial charge in [-0.3, -0.25) is 14.4 Å². The van der Waals surface area contributed by atoms with Crippen LogP contribution in [0.15, 0.2) is 24.3 Å². The lowest BCUT2D eigenvalue weighted by Gasteiger charge is -2.24. The van der Waals surface area contributed by atoms with Crippen LogP contribution in [0.25, 0.3) is 0 Å². The number of hydrogen-bond donors (Lipinski definition) is 3. The molecule has 6 heteroatoms. The highest BCUT2D eigenvalue weighted by Gasteiger charge is 2.26. The molecule has 0 spiro atoms. The summed E-state index contributed by atoms with van der Waals surface area (Å²) < 4.78 is 0. The number of rotatable bonds is 7. The van der Waals surface area contributed by atoms with Crippen LogP contribution >= 0.6 is 0 Å². The Balaban J connectivity index is 1.76. The van der Waals surface area contributed by atoms with Crippen molar-refractivity contribution in [3.8, 4) is 0 Å². The fourth-order valence-corrected chi connectivity index (χ4v) is 2.70. The van der Waals surface area contributed by atoms with Crippen molar-refractivity contribution in [3.63, 3.8) is 0 Å². The number of hydrogen-bond acceptors (Lipinski definition) is 3. The second-order valence-electron chi connectivity index (χ2n) is 6.09. The highest BCUT2D eigenvalue weighted by molar-refractivity contribution is 5.96. The predicted molar refractivity (Wildman–Crippen MR) is 85.9 cm³/mol. The molecule has 1 aromatic rings. The third-order valence-electron chi connectivity index (χ3n) is 4.00. The molecular weight excluding hydrogens is 296 g/mol. The zero-order valence-electron chi connectivity index (χ0n) is 13.2. The second-order valence-corrected chi connectivity index (χ2v) is 6.09. The van der Waals surface area contributed by atoms with Crippen LogP contribution in [0.2, 0.25) is 0 Å². The Hall–Kier alpha value is -2.37. The van der Waals surface area contributed by atoms with E-state index in [-0.39, 0.29) is 36.5 Å². The van der Waals surface area contributed by atoms with Crippen molar-refractivity contribution in [3.05, 3.63) is 29.8 Å². The first-order valence-corrected chi connectivity index (χ1v) is 7.83. The maximum atomic E-state index is 12.0. The number of carboxylic acids is 1. The minimum absolute atomic E-state index is 0.0299. The number of carbonyl (C=O) groups is 3. The maximum Gasteiger partial charge on any atom is 0.303 e. The van der Waals surface area contributed by atoms with Gasteiger partial charge >= 0.3 is 5.97 Å². The van der Waals surface area contributed by atoms with Gasteiger partial charge in [-0.05, 0) is 30.4 Å². The first-order valence-electron chi connectivity index (χ1n) is 7.83. The van der Waals surface area contributed by atoms with E-state index in [1.807, 2.05) is 24.3 Å². The molecule has 2 atom stereocenters. The number of anilines is 1. The molecule has 2 amide bonds. The highest BCUT2D eigenvalue weighted by Crippen LogP contribution is 2.27. The van der Waals surface area contributed by atoms with Crippen molar-refractivity contribution in [2.24, 2.45) is 11.8 Å². The number of carboxylic acid groups (broad SMARTS) is 1. The molecule has 0 fully saturated rings. The van der Waals surface area contributed by atoms with Crippen molar-refractivity contribution < 1.29 is 19.5 Å². The number of para-hydroxylation sites is 1. The number of amides is 2. The van der Waals surface area contributed by atoms with Gasteiger partial charge in [-0.1, -0.05) is 25.1 Å². The smallest absolute Gasteiger partial charge is 0.303 e. The molecule has 6 nitrogen and oxygen atoms in total. The average Bonchev–Trinajstić information content (AvgIpc) is 2.50. The number of aliphatic carboxylic acids is 1. The van der Waals surface area contributed by atoms with Gasteiger partial charge in [-0.25, -0.2) is 0 Å². The van der Waals surface area contributed by atoms with Gasteiger partial charge in [0, 0.05) is 31.0 Å². The predicted octanol–water partition coefficient (Wildman–Crippen LogP) is 1.80. The Morgan fingerprint density at radius 1 is 1.39 bits per heavy atom. The van der Waals surface area contributed by atoms with E-state index in [2.05, 4.69) is 10.6 Å². The van der Waals surface area contributed by atoms with Crippen molar-refractivity contribution in [2.75, 3.05) is 11.9 Å². The fraction of sp³-hybridized carbons (Fsp3) is 0.471. The zero-order valence-corrected chi connectivity index (χ0v) is 13.2. The van der Waals surface area contributed by atoms with Crippen LogP contribution in [0.5, 0.6) is 0 Å². The molecule has 0 radical (unpaired) electrons. The lowest BCUT2D eigenvalue weighted by atomic mass is 9.89. The van der Waals surface area contributed by atoms with Crippen LogP contribution in [0, 0.1) is 11.8 Å². The molecule has 0 saturated heterocycles. The first kappa shape index (κ1) is 17.0. The van der Waals surface area contributed by atoms with Crippen molar-refractivity contribution >= 4 is 23.5 Å². The van der Waals surface area contributed by atoms with Crippen LogP contribution in [0.4, 0.5) is 5.69 Å². The summed E-state index contributed by atoms with van der Waals surface area (Å²) in [5.74, 6) is -1.37. The third-order valence-corrected chi connectivity index (χ3v) is 4.00. The molecule has 124 valence electrons. The summed E-state index contributed by atoms with van der Waals surface area (Å²) in [6, 6.07) is 7.67. The minimum Gasteiger partial charge on any atom is -0.481 e. The van der Waals surface area contributed by atoms with Gasteiger partial charge in [-0.15, -0.1) is 0 Å². The molecule has 1 heterocycles. The number of nitrogens with one attached hydrogen (secondary N) is 2. The Bertz CT molecular complexity index is 600. The molecule has 1 aliphatic rings. The van der Waals surface area contributed by atoms with Crippen LogP contribution in [0.1, 0.15) is 31.7 Å². The number of carbonyl (C=O) groups excluding carboxylic acids is 2. The highest BCUT2D eigenvalue weighted by atomic mass is 16.4. The summed E-state index contributed by atoms with van der Waals surface area (Å²) in [5, 5.41) is 14.3. The third kappa shape index (κ3) is 5.09. The van der Waals surface area contributed by atoms with Gasteiger partial charge in [-0.2, -0.15) is 0 Å². The summed E-state index contributed by atoms with van der Waals surface area (Å²) in [5.41, 5.74) is 1.94. The minimum atomic E-state index is -0.871. The van der Waals surface area contributed by atoms with Crippen molar-refractivity contribution in [2.45, 2.75) is 32.6 Å². The van der Waals surface area contributed by atoms with E-state index >= 15 is 0 Å². The van der Waals surface area contributed by atoms with Gasteiger partial charge in [0.2, 0.25) is 11.8 Å². The number of fused-ring (bicyclic) bond motifs is 1. The van der Waals surface area contributed by atoms with Gasteiger partial charge in [0.1, 0.15) is 0 Å². The quantitative estimate of drug-likeness (QED) is 0.714. The van der Waals surface area contributed by atoms with E-state index in [1.54, 1.807) is 6.92 Å². The van der Waals surface area contributed by atoms with E-state index in [0.29, 0.717) is 19.4 Å². The SMILES string of the molecule is CC(CNC(=O)CCC1Cc2ccccc2NC1=O)CC(=O)O. The number of benzene rings is 1. The van der Waals surface area contributed by atoms with Gasteiger partial charge < -0.3 is 15.7 Å². The van der Waals surface area contributed by atoms with Crippen LogP contribution in [0.3, 0.4) is 0 Å². The largest absolute Gasteiger partial charge is 0.481 e. The Kier molecular flexibility index (Phi) is 5.73. The molecule has 1 aliphatic heterocycles. The van der Waals surface area contributed by atoms with E-state index in [4.69, 9.17) is 5.11 Å². The summed E-state index contributed by atoms with van der Waals surface area (Å²) in [6.07, 6.45) is 1.42. The summed E-state index contributed by atoms with van der Waals surface area (Å²) >= 11 is 0. The topological polar surface area (TPSA) is 95.5 Å². The Morgan fingerprint density at radius 3 is 2.87 bits per heavy atom. The van der Waals surface area contributed by atoms with Gasteiger partial charge in [0.15, 0.2) is 0 Å². The zero-order chi connectivity index (χ0) is 16.8. The molecule has 2 rings (SSSR count). The molecule has 0 aromatic heterocycles. The maximum absolute atomic E-state index is 12.0. The van der Waals surface area contributed by atoms with Crippen molar-refractivity contribution in [1.29, 1.82) is 0 Å². The molecule has 2 unspecified atom stereocenters.